The molecular weight excluding hydrogens is 634 g/mol. The van der Waals surface area contributed by atoms with E-state index in [1.807, 2.05) is 4.74 Å². The third kappa shape index (κ3) is 6.40. The van der Waals surface area contributed by atoms with Gasteiger partial charge in [0, 0.05) is 5.69 Å². The van der Waals surface area contributed by atoms with Gasteiger partial charge in [0.15, 0.2) is 0 Å². The second kappa shape index (κ2) is 9.94. The molecule has 0 radical (unpaired) electrons. The Bertz CT molecular complexity index is 1070. The largest absolute Gasteiger partial charge is 0.462 e. The number of rotatable bonds is 8. The number of hydrogen-bond acceptors (Lipinski definition) is 3. The van der Waals surface area contributed by atoms with Crippen LogP contribution in [-0.2, 0) is 20.4 Å². The van der Waals surface area contributed by atoms with Crippen molar-refractivity contribution >= 4 is 11.6 Å². The van der Waals surface area contributed by atoms with Crippen molar-refractivity contribution < 1.29 is 102 Å². The number of ether oxygens (including phenoxy) is 2. The number of amides is 1. The zero-order valence-electron chi connectivity index (χ0n) is 17.6. The predicted molar refractivity (Wildman–Crippen MR) is 82.9 cm³/mol. The van der Waals surface area contributed by atoms with E-state index >= 15 is 0 Å². The molecule has 0 saturated heterocycles. The maximum Gasteiger partial charge on any atom is 0.462 e. The fourth-order valence-corrected chi connectivity index (χ4v) is 2.15. The van der Waals surface area contributed by atoms with Gasteiger partial charge in [-0.1, -0.05) is 6.07 Å². The third-order valence-corrected chi connectivity index (χ3v) is 4.10. The molecule has 1 aromatic rings. The van der Waals surface area contributed by atoms with Crippen molar-refractivity contribution in [1.29, 1.82) is 0 Å². The molecule has 4 nitrogen and oxygen atoms in total. The van der Waals surface area contributed by atoms with E-state index in [-0.39, 0.29) is 24.3 Å². The van der Waals surface area contributed by atoms with E-state index in [2.05, 4.69) is 0 Å². The molecule has 0 fully saturated rings. The molecule has 232 valence electrons. The zero-order valence-corrected chi connectivity index (χ0v) is 17.6. The summed E-state index contributed by atoms with van der Waals surface area (Å²) in [5.74, 6) is -27.1. The van der Waals surface area contributed by atoms with Gasteiger partial charge in [-0.2, -0.15) is 87.8 Å². The van der Waals surface area contributed by atoms with Crippen molar-refractivity contribution in [3.63, 3.8) is 0 Å². The number of carbonyl (C=O) groups is 1. The topological polar surface area (TPSA) is 47.6 Å². The van der Waals surface area contributed by atoms with Crippen LogP contribution in [0.4, 0.5) is 93.5 Å². The summed E-state index contributed by atoms with van der Waals surface area (Å²) in [6.07, 6.45) is -44.7. The predicted octanol–water partition coefficient (Wildman–Crippen LogP) is 7.52. The number of nitrogens with one attached hydrogen (secondary N) is 1. The molecule has 0 aromatic heterocycles. The maximum absolute atomic E-state index is 14.4. The average Bonchev–Trinajstić information content (AvgIpc) is 2.69. The fraction of sp³-hybridized carbons (Fsp3) is 0.562. The lowest BCUT2D eigenvalue weighted by Crippen LogP contribution is -2.68. The minimum Gasteiger partial charge on any atom is -0.321 e. The van der Waals surface area contributed by atoms with E-state index in [1.165, 1.54) is 4.74 Å². The summed E-state index contributed by atoms with van der Waals surface area (Å²) >= 11 is 0. The molecule has 0 aliphatic carbocycles. The summed E-state index contributed by atoms with van der Waals surface area (Å²) in [4.78, 5) is 11.7. The van der Waals surface area contributed by atoms with E-state index in [1.54, 1.807) is 0 Å². The second-order valence-electron chi connectivity index (χ2n) is 7.03. The summed E-state index contributed by atoms with van der Waals surface area (Å²) in [6, 6.07) is 0.279. The van der Waals surface area contributed by atoms with Gasteiger partial charge in [-0.3, -0.25) is 14.3 Å². The van der Waals surface area contributed by atoms with E-state index in [0.717, 1.165) is 0 Å². The van der Waals surface area contributed by atoms with E-state index < -0.39 is 71.7 Å². The molecule has 0 heterocycles. The third-order valence-electron chi connectivity index (χ3n) is 4.10. The van der Waals surface area contributed by atoms with Crippen LogP contribution in [0.5, 0.6) is 0 Å². The van der Waals surface area contributed by atoms with Crippen molar-refractivity contribution in [2.24, 2.45) is 0 Å². The van der Waals surface area contributed by atoms with Crippen LogP contribution in [0, 0.1) is 0 Å². The molecule has 2 unspecified atom stereocenters. The van der Waals surface area contributed by atoms with Crippen LogP contribution in [0.2, 0.25) is 0 Å². The number of benzene rings is 1. The summed E-state index contributed by atoms with van der Waals surface area (Å²) in [7, 11) is 0. The summed E-state index contributed by atoms with van der Waals surface area (Å²) in [5.41, 5.74) is -3.43. The van der Waals surface area contributed by atoms with Crippen LogP contribution in [0.3, 0.4) is 0 Å². The molecule has 1 rings (SSSR count). The van der Waals surface area contributed by atoms with Crippen molar-refractivity contribution in [1.82, 2.24) is 0 Å². The highest BCUT2D eigenvalue weighted by Gasteiger charge is 2.85. The normalized spacial score (nSPS) is 17.7. The number of carbonyl (C=O) groups excluding carboxylic acids is 1. The minimum absolute atomic E-state index is 0.155. The lowest BCUT2D eigenvalue weighted by molar-refractivity contribution is -0.548. The van der Waals surface area contributed by atoms with Crippen LogP contribution >= 0.6 is 0 Å². The molecule has 1 amide bonds. The Hall–Kier alpha value is -2.79. The summed E-state index contributed by atoms with van der Waals surface area (Å²) in [6.45, 7) is 0. The molecule has 40 heavy (non-hydrogen) atoms. The van der Waals surface area contributed by atoms with Gasteiger partial charge in [-0.05, 0) is 18.2 Å². The second-order valence-corrected chi connectivity index (χ2v) is 7.03. The number of halogens is 20. The Morgan fingerprint density at radius 2 is 1.07 bits per heavy atom. The molecular formula is C16H5F20NO3. The minimum atomic E-state index is -8.21. The Labute approximate surface area is 204 Å². The van der Waals surface area contributed by atoms with Crippen LogP contribution in [0.25, 0.3) is 0 Å². The standard InChI is InChI=1S/C16H5F20NO3/c17-8(12(24,25)26,7(38)37-6-3-1-2-5(4-6)9(18,19)20)39-16(35,36)11(23,14(30,31)32)40-15(33,34)10(21,22)13(27,28)29/h1-4H,(H,37,38). The lowest BCUT2D eigenvalue weighted by atomic mass is 10.1. The van der Waals surface area contributed by atoms with Crippen molar-refractivity contribution in [2.75, 3.05) is 5.32 Å². The van der Waals surface area contributed by atoms with E-state index in [0.29, 0.717) is 5.32 Å². The smallest absolute Gasteiger partial charge is 0.321 e. The number of alkyl halides is 20. The Kier molecular flexibility index (Phi) is 8.75. The van der Waals surface area contributed by atoms with Gasteiger partial charge < -0.3 is 5.32 Å². The molecule has 0 aliphatic heterocycles. The van der Waals surface area contributed by atoms with Gasteiger partial charge >= 0.3 is 54.6 Å². The quantitative estimate of drug-likeness (QED) is 0.300. The SMILES string of the molecule is O=C(Nc1cccc(C(F)(F)F)c1)C(F)(OC(F)(F)C(F)(OC(F)(F)C(F)(F)C(F)(F)F)C(F)(F)F)C(F)(F)F. The highest BCUT2D eigenvalue weighted by atomic mass is 19.4. The van der Waals surface area contributed by atoms with Gasteiger partial charge in [-0.25, -0.2) is 0 Å². The van der Waals surface area contributed by atoms with Gasteiger partial charge in [0.25, 0.3) is 5.91 Å². The van der Waals surface area contributed by atoms with Crippen LogP contribution in [0.1, 0.15) is 5.56 Å². The molecule has 1 aromatic carbocycles. The highest BCUT2D eigenvalue weighted by molar-refractivity contribution is 5.97. The Morgan fingerprint density at radius 3 is 1.45 bits per heavy atom. The first-order chi connectivity index (χ1) is 17.3. The Morgan fingerprint density at radius 1 is 0.600 bits per heavy atom. The van der Waals surface area contributed by atoms with Crippen molar-refractivity contribution in [2.45, 2.75) is 54.6 Å². The Balaban J connectivity index is 3.65. The van der Waals surface area contributed by atoms with Gasteiger partial charge in [0.05, 0.1) is 5.56 Å². The highest BCUT2D eigenvalue weighted by Crippen LogP contribution is 2.56. The van der Waals surface area contributed by atoms with E-state index in [9.17, 15) is 92.6 Å². The summed E-state index contributed by atoms with van der Waals surface area (Å²) in [5, 5.41) is 0.453. The van der Waals surface area contributed by atoms with Crippen molar-refractivity contribution in [3.05, 3.63) is 29.8 Å². The van der Waals surface area contributed by atoms with Gasteiger partial charge in [0.1, 0.15) is 0 Å². The number of anilines is 1. The monoisotopic (exact) mass is 639 g/mol. The van der Waals surface area contributed by atoms with Crippen LogP contribution in [0.15, 0.2) is 24.3 Å². The zero-order chi connectivity index (χ0) is 32.2. The van der Waals surface area contributed by atoms with E-state index in [4.69, 9.17) is 0 Å². The lowest BCUT2D eigenvalue weighted by Gasteiger charge is -2.40. The first-order valence-electron chi connectivity index (χ1n) is 8.87. The van der Waals surface area contributed by atoms with Crippen LogP contribution < -0.4 is 5.32 Å². The maximum atomic E-state index is 14.4. The van der Waals surface area contributed by atoms with Gasteiger partial charge in [0.2, 0.25) is 0 Å². The molecule has 0 saturated carbocycles. The first kappa shape index (κ1) is 35.2. The van der Waals surface area contributed by atoms with Crippen LogP contribution in [-0.4, -0.2) is 54.3 Å². The molecule has 0 spiro atoms. The fourth-order valence-electron chi connectivity index (χ4n) is 2.15. The molecule has 1 N–H and O–H groups in total. The molecule has 0 aliphatic rings. The molecule has 2 atom stereocenters. The van der Waals surface area contributed by atoms with Crippen molar-refractivity contribution in [3.8, 4) is 0 Å². The average molecular weight is 639 g/mol. The molecule has 0 bridgehead atoms. The first-order valence-corrected chi connectivity index (χ1v) is 8.87. The summed E-state index contributed by atoms with van der Waals surface area (Å²) < 4.78 is 264. The molecule has 24 heteroatoms. The number of hydrogen-bond donors (Lipinski definition) is 1. The van der Waals surface area contributed by atoms with Gasteiger partial charge in [-0.15, -0.1) is 0 Å².